The van der Waals surface area contributed by atoms with Crippen molar-refractivity contribution in [1.29, 1.82) is 0 Å². The lowest BCUT2D eigenvalue weighted by Gasteiger charge is -2.11. The van der Waals surface area contributed by atoms with Gasteiger partial charge in [0.1, 0.15) is 11.5 Å². The topological polar surface area (TPSA) is 92.7 Å². The molecule has 128 valence electrons. The summed E-state index contributed by atoms with van der Waals surface area (Å²) in [5.74, 6) is 0. The molecular formula is C18H15NO5S. The number of ether oxygens (including phenoxy) is 1. The summed E-state index contributed by atoms with van der Waals surface area (Å²) in [6.07, 6.45) is -0.659. The Kier molecular flexibility index (Phi) is 4.69. The van der Waals surface area contributed by atoms with Crippen LogP contribution in [0.5, 0.6) is 0 Å². The van der Waals surface area contributed by atoms with E-state index in [1.807, 2.05) is 30.3 Å². The standard InChI is InChI=1S/C18H15NO5S/c20-18(24-12-13-6-2-1-3-7-13)19-16-10-11-17(25(21,22)23)15-9-5-4-8-14(15)16/h1-11H,12H2,(H,19,20)(H,21,22,23). The fourth-order valence-corrected chi connectivity index (χ4v) is 3.17. The third-order valence-corrected chi connectivity index (χ3v) is 4.52. The summed E-state index contributed by atoms with van der Waals surface area (Å²) in [6.45, 7) is 0.119. The Balaban J connectivity index is 1.83. The Labute approximate surface area is 144 Å². The second kappa shape index (κ2) is 6.92. The first-order valence-electron chi connectivity index (χ1n) is 7.42. The molecule has 0 aliphatic carbocycles. The van der Waals surface area contributed by atoms with Crippen LogP contribution in [0.4, 0.5) is 10.5 Å². The zero-order valence-electron chi connectivity index (χ0n) is 13.0. The summed E-state index contributed by atoms with van der Waals surface area (Å²) >= 11 is 0. The first-order chi connectivity index (χ1) is 11.9. The summed E-state index contributed by atoms with van der Waals surface area (Å²) in [5, 5.41) is 3.39. The van der Waals surface area contributed by atoms with Gasteiger partial charge < -0.3 is 4.74 Å². The quantitative estimate of drug-likeness (QED) is 0.692. The number of nitrogens with one attached hydrogen (secondary N) is 1. The fourth-order valence-electron chi connectivity index (χ4n) is 2.47. The molecular weight excluding hydrogens is 342 g/mol. The SMILES string of the molecule is O=C(Nc1ccc(S(=O)(=O)O)c2ccccc12)OCc1ccccc1. The van der Waals surface area contributed by atoms with Crippen LogP contribution in [-0.4, -0.2) is 19.1 Å². The maximum absolute atomic E-state index is 12.0. The van der Waals surface area contributed by atoms with Crippen molar-refractivity contribution in [3.63, 3.8) is 0 Å². The molecule has 0 fully saturated rings. The van der Waals surface area contributed by atoms with E-state index in [1.54, 1.807) is 24.3 Å². The van der Waals surface area contributed by atoms with E-state index in [0.717, 1.165) is 5.56 Å². The lowest BCUT2D eigenvalue weighted by Crippen LogP contribution is -2.14. The molecule has 0 spiro atoms. The van der Waals surface area contributed by atoms with Gasteiger partial charge in [-0.3, -0.25) is 9.87 Å². The highest BCUT2D eigenvalue weighted by molar-refractivity contribution is 7.86. The Hall–Kier alpha value is -2.90. The minimum Gasteiger partial charge on any atom is -0.444 e. The van der Waals surface area contributed by atoms with E-state index in [0.29, 0.717) is 16.5 Å². The van der Waals surface area contributed by atoms with Crippen LogP contribution in [0.1, 0.15) is 5.56 Å². The van der Waals surface area contributed by atoms with Crippen molar-refractivity contribution in [3.05, 3.63) is 72.3 Å². The lowest BCUT2D eigenvalue weighted by molar-refractivity contribution is 0.155. The Morgan fingerprint density at radius 3 is 2.24 bits per heavy atom. The molecule has 0 aliphatic rings. The van der Waals surface area contributed by atoms with Gasteiger partial charge in [0.05, 0.1) is 5.69 Å². The molecule has 0 saturated heterocycles. The smallest absolute Gasteiger partial charge is 0.411 e. The van der Waals surface area contributed by atoms with Crippen LogP contribution in [0, 0.1) is 0 Å². The van der Waals surface area contributed by atoms with Crippen LogP contribution in [0.3, 0.4) is 0 Å². The second-order valence-electron chi connectivity index (χ2n) is 5.32. The monoisotopic (exact) mass is 357 g/mol. The first-order valence-corrected chi connectivity index (χ1v) is 8.86. The summed E-state index contributed by atoms with van der Waals surface area (Å²) in [6, 6.07) is 18.4. The summed E-state index contributed by atoms with van der Waals surface area (Å²) in [7, 11) is -4.36. The minimum absolute atomic E-state index is 0.119. The zero-order chi connectivity index (χ0) is 17.9. The van der Waals surface area contributed by atoms with Crippen molar-refractivity contribution in [2.24, 2.45) is 0 Å². The van der Waals surface area contributed by atoms with Gasteiger partial charge in [0.15, 0.2) is 0 Å². The van der Waals surface area contributed by atoms with Gasteiger partial charge in [0.2, 0.25) is 0 Å². The molecule has 0 aliphatic heterocycles. The molecule has 25 heavy (non-hydrogen) atoms. The van der Waals surface area contributed by atoms with E-state index in [1.165, 1.54) is 12.1 Å². The van der Waals surface area contributed by atoms with E-state index in [2.05, 4.69) is 5.32 Å². The van der Waals surface area contributed by atoms with E-state index in [-0.39, 0.29) is 11.5 Å². The maximum Gasteiger partial charge on any atom is 0.411 e. The van der Waals surface area contributed by atoms with E-state index >= 15 is 0 Å². The number of carbonyl (C=O) groups excluding carboxylic acids is 1. The predicted octanol–water partition coefficient (Wildman–Crippen LogP) is 3.84. The molecule has 3 rings (SSSR count). The number of benzene rings is 3. The largest absolute Gasteiger partial charge is 0.444 e. The van der Waals surface area contributed by atoms with E-state index in [4.69, 9.17) is 4.74 Å². The fraction of sp³-hybridized carbons (Fsp3) is 0.0556. The average Bonchev–Trinajstić information content (AvgIpc) is 2.60. The summed E-state index contributed by atoms with van der Waals surface area (Å²) in [4.78, 5) is 11.8. The normalized spacial score (nSPS) is 11.2. The summed E-state index contributed by atoms with van der Waals surface area (Å²) in [5.41, 5.74) is 1.24. The van der Waals surface area contributed by atoms with Gasteiger partial charge >= 0.3 is 6.09 Å². The molecule has 7 heteroatoms. The van der Waals surface area contributed by atoms with Crippen molar-refractivity contribution >= 4 is 32.7 Å². The first kappa shape index (κ1) is 16.9. The van der Waals surface area contributed by atoms with Crippen LogP contribution >= 0.6 is 0 Å². The highest BCUT2D eigenvalue weighted by Crippen LogP contribution is 2.29. The van der Waals surface area contributed by atoms with Crippen LogP contribution in [0.2, 0.25) is 0 Å². The van der Waals surface area contributed by atoms with Gasteiger partial charge in [-0.15, -0.1) is 0 Å². The second-order valence-corrected chi connectivity index (χ2v) is 6.71. The van der Waals surface area contributed by atoms with Crippen LogP contribution in [0.15, 0.2) is 71.6 Å². The van der Waals surface area contributed by atoms with Gasteiger partial charge in [0, 0.05) is 10.8 Å². The van der Waals surface area contributed by atoms with E-state index < -0.39 is 16.2 Å². The van der Waals surface area contributed by atoms with Crippen molar-refractivity contribution in [3.8, 4) is 0 Å². The molecule has 3 aromatic carbocycles. The number of anilines is 1. The van der Waals surface area contributed by atoms with Crippen LogP contribution in [-0.2, 0) is 21.5 Å². The molecule has 1 amide bonds. The van der Waals surface area contributed by atoms with Crippen LogP contribution < -0.4 is 5.32 Å². The molecule has 3 aromatic rings. The highest BCUT2D eigenvalue weighted by Gasteiger charge is 2.16. The van der Waals surface area contributed by atoms with Crippen molar-refractivity contribution in [1.82, 2.24) is 0 Å². The molecule has 0 heterocycles. The van der Waals surface area contributed by atoms with Gasteiger partial charge in [-0.2, -0.15) is 8.42 Å². The Morgan fingerprint density at radius 1 is 0.920 bits per heavy atom. The van der Waals surface area contributed by atoms with Gasteiger partial charge in [0.25, 0.3) is 10.1 Å². The van der Waals surface area contributed by atoms with Crippen molar-refractivity contribution in [2.45, 2.75) is 11.5 Å². The number of amides is 1. The average molecular weight is 357 g/mol. The molecule has 0 saturated carbocycles. The molecule has 6 nitrogen and oxygen atoms in total. The molecule has 0 unspecified atom stereocenters. The number of carbonyl (C=O) groups is 1. The summed E-state index contributed by atoms with van der Waals surface area (Å²) < 4.78 is 37.5. The van der Waals surface area contributed by atoms with Crippen LogP contribution in [0.25, 0.3) is 10.8 Å². The van der Waals surface area contributed by atoms with Gasteiger partial charge in [-0.1, -0.05) is 54.6 Å². The molecule has 2 N–H and O–H groups in total. The highest BCUT2D eigenvalue weighted by atomic mass is 32.2. The van der Waals surface area contributed by atoms with Crippen molar-refractivity contribution < 1.29 is 22.5 Å². The molecule has 0 atom stereocenters. The Bertz CT molecular complexity index is 1020. The zero-order valence-corrected chi connectivity index (χ0v) is 13.9. The molecule has 0 aromatic heterocycles. The maximum atomic E-state index is 12.0. The third kappa shape index (κ3) is 3.96. The molecule has 0 bridgehead atoms. The number of fused-ring (bicyclic) bond motifs is 1. The van der Waals surface area contributed by atoms with Gasteiger partial charge in [-0.05, 0) is 17.7 Å². The van der Waals surface area contributed by atoms with E-state index in [9.17, 15) is 17.8 Å². The van der Waals surface area contributed by atoms with Gasteiger partial charge in [-0.25, -0.2) is 4.79 Å². The predicted molar refractivity (Wildman–Crippen MR) is 94.0 cm³/mol. The minimum atomic E-state index is -4.36. The third-order valence-electron chi connectivity index (χ3n) is 3.61. The Morgan fingerprint density at radius 2 is 1.56 bits per heavy atom. The number of hydrogen-bond acceptors (Lipinski definition) is 4. The number of hydrogen-bond donors (Lipinski definition) is 2. The number of rotatable bonds is 4. The van der Waals surface area contributed by atoms with Crippen molar-refractivity contribution in [2.75, 3.05) is 5.32 Å². The lowest BCUT2D eigenvalue weighted by atomic mass is 10.1. The molecule has 0 radical (unpaired) electrons.